The molecule has 2 aromatic rings. The Morgan fingerprint density at radius 2 is 2.00 bits per heavy atom. The van der Waals surface area contributed by atoms with Crippen LogP contribution in [-0.2, 0) is 12.8 Å². The fourth-order valence-electron chi connectivity index (χ4n) is 1.57. The molecule has 0 spiro atoms. The molecule has 4 nitrogen and oxygen atoms in total. The molecular formula is C13H17N3O. The summed E-state index contributed by atoms with van der Waals surface area (Å²) in [4.78, 5) is 4.34. The fourth-order valence-corrected chi connectivity index (χ4v) is 1.57. The van der Waals surface area contributed by atoms with Crippen LogP contribution in [0.3, 0.4) is 0 Å². The van der Waals surface area contributed by atoms with Gasteiger partial charge in [-0.05, 0) is 12.0 Å². The van der Waals surface area contributed by atoms with E-state index in [0.29, 0.717) is 18.3 Å². The monoisotopic (exact) mass is 231 g/mol. The van der Waals surface area contributed by atoms with Crippen LogP contribution in [0.1, 0.15) is 30.1 Å². The first kappa shape index (κ1) is 11.8. The summed E-state index contributed by atoms with van der Waals surface area (Å²) in [6.45, 7) is 2.53. The molecule has 2 rings (SSSR count). The van der Waals surface area contributed by atoms with Gasteiger partial charge in [0.05, 0.1) is 0 Å². The first-order valence-corrected chi connectivity index (χ1v) is 5.86. The second-order valence-corrected chi connectivity index (χ2v) is 4.17. The Kier molecular flexibility index (Phi) is 3.88. The van der Waals surface area contributed by atoms with Crippen LogP contribution in [-0.4, -0.2) is 16.7 Å². The minimum Gasteiger partial charge on any atom is -0.339 e. The lowest BCUT2D eigenvalue weighted by atomic mass is 10.1. The first-order valence-electron chi connectivity index (χ1n) is 5.86. The molecule has 0 aliphatic heterocycles. The average Bonchev–Trinajstić information content (AvgIpc) is 2.85. The molecule has 1 unspecified atom stereocenters. The predicted molar refractivity (Wildman–Crippen MR) is 65.6 cm³/mol. The molecule has 90 valence electrons. The van der Waals surface area contributed by atoms with E-state index in [1.54, 1.807) is 0 Å². The SMILES string of the molecule is CC(CN)c1noc(CCc2ccccc2)n1. The maximum atomic E-state index is 5.56. The van der Waals surface area contributed by atoms with E-state index in [4.69, 9.17) is 10.3 Å². The Balaban J connectivity index is 1.94. The Hall–Kier alpha value is -1.68. The van der Waals surface area contributed by atoms with Gasteiger partial charge in [-0.2, -0.15) is 4.98 Å². The Bertz CT molecular complexity index is 453. The molecule has 0 bridgehead atoms. The van der Waals surface area contributed by atoms with Crippen LogP contribution in [0.5, 0.6) is 0 Å². The molecule has 2 N–H and O–H groups in total. The molecule has 1 aromatic carbocycles. The number of benzene rings is 1. The topological polar surface area (TPSA) is 64.9 Å². The Morgan fingerprint density at radius 3 is 2.71 bits per heavy atom. The number of hydrogen-bond donors (Lipinski definition) is 1. The van der Waals surface area contributed by atoms with E-state index in [9.17, 15) is 0 Å². The minimum atomic E-state index is 0.157. The third-order valence-electron chi connectivity index (χ3n) is 2.75. The van der Waals surface area contributed by atoms with Crippen molar-refractivity contribution in [2.24, 2.45) is 5.73 Å². The number of aromatic nitrogens is 2. The van der Waals surface area contributed by atoms with Crippen LogP contribution < -0.4 is 5.73 Å². The van der Waals surface area contributed by atoms with Gasteiger partial charge in [0.2, 0.25) is 5.89 Å². The molecule has 0 saturated heterocycles. The lowest BCUT2D eigenvalue weighted by molar-refractivity contribution is 0.370. The maximum absolute atomic E-state index is 5.56. The highest BCUT2D eigenvalue weighted by molar-refractivity contribution is 5.15. The van der Waals surface area contributed by atoms with Gasteiger partial charge in [-0.25, -0.2) is 0 Å². The lowest BCUT2D eigenvalue weighted by Crippen LogP contribution is -2.10. The van der Waals surface area contributed by atoms with Crippen LogP contribution in [0, 0.1) is 0 Å². The van der Waals surface area contributed by atoms with Gasteiger partial charge >= 0.3 is 0 Å². The van der Waals surface area contributed by atoms with Crippen LogP contribution in [0.2, 0.25) is 0 Å². The number of nitrogens with zero attached hydrogens (tertiary/aromatic N) is 2. The van der Waals surface area contributed by atoms with E-state index in [1.807, 2.05) is 25.1 Å². The molecule has 1 atom stereocenters. The Labute approximate surface area is 101 Å². The summed E-state index contributed by atoms with van der Waals surface area (Å²) in [6.07, 6.45) is 1.69. The van der Waals surface area contributed by atoms with Crippen molar-refractivity contribution in [1.82, 2.24) is 10.1 Å². The van der Waals surface area contributed by atoms with Crippen molar-refractivity contribution in [3.05, 3.63) is 47.6 Å². The maximum Gasteiger partial charge on any atom is 0.226 e. The van der Waals surface area contributed by atoms with Gasteiger partial charge in [0.1, 0.15) is 0 Å². The molecule has 0 radical (unpaired) electrons. The number of hydrogen-bond acceptors (Lipinski definition) is 4. The molecule has 0 aliphatic carbocycles. The highest BCUT2D eigenvalue weighted by atomic mass is 16.5. The summed E-state index contributed by atoms with van der Waals surface area (Å²) < 4.78 is 5.19. The third kappa shape index (κ3) is 3.14. The first-order chi connectivity index (χ1) is 8.29. The summed E-state index contributed by atoms with van der Waals surface area (Å²) in [7, 11) is 0. The van der Waals surface area contributed by atoms with Crippen molar-refractivity contribution in [2.75, 3.05) is 6.54 Å². The van der Waals surface area contributed by atoms with Crippen molar-refractivity contribution in [3.8, 4) is 0 Å². The molecule has 0 fully saturated rings. The normalized spacial score (nSPS) is 12.6. The van der Waals surface area contributed by atoms with Crippen molar-refractivity contribution in [1.29, 1.82) is 0 Å². The minimum absolute atomic E-state index is 0.157. The third-order valence-corrected chi connectivity index (χ3v) is 2.75. The fraction of sp³-hybridized carbons (Fsp3) is 0.385. The summed E-state index contributed by atoms with van der Waals surface area (Å²) in [5.41, 5.74) is 6.83. The van der Waals surface area contributed by atoms with Crippen LogP contribution in [0.25, 0.3) is 0 Å². The number of aryl methyl sites for hydroxylation is 2. The largest absolute Gasteiger partial charge is 0.339 e. The highest BCUT2D eigenvalue weighted by Crippen LogP contribution is 2.11. The Morgan fingerprint density at radius 1 is 1.24 bits per heavy atom. The van der Waals surface area contributed by atoms with Gasteiger partial charge in [-0.3, -0.25) is 0 Å². The summed E-state index contributed by atoms with van der Waals surface area (Å²) in [5, 5.41) is 3.93. The molecule has 4 heteroatoms. The number of nitrogens with two attached hydrogens (primary N) is 1. The molecule has 17 heavy (non-hydrogen) atoms. The van der Waals surface area contributed by atoms with Gasteiger partial charge in [-0.1, -0.05) is 42.4 Å². The average molecular weight is 231 g/mol. The molecule has 1 heterocycles. The van der Waals surface area contributed by atoms with E-state index in [2.05, 4.69) is 22.3 Å². The molecular weight excluding hydrogens is 214 g/mol. The van der Waals surface area contributed by atoms with Crippen LogP contribution >= 0.6 is 0 Å². The summed E-state index contributed by atoms with van der Waals surface area (Å²) in [6, 6.07) is 10.3. The van der Waals surface area contributed by atoms with Gasteiger partial charge < -0.3 is 10.3 Å². The molecule has 1 aromatic heterocycles. The summed E-state index contributed by atoms with van der Waals surface area (Å²) in [5.74, 6) is 1.55. The van der Waals surface area contributed by atoms with E-state index < -0.39 is 0 Å². The predicted octanol–water partition coefficient (Wildman–Crippen LogP) is 1.92. The van der Waals surface area contributed by atoms with Crippen molar-refractivity contribution in [3.63, 3.8) is 0 Å². The van der Waals surface area contributed by atoms with E-state index in [0.717, 1.165) is 12.8 Å². The van der Waals surface area contributed by atoms with Gasteiger partial charge in [-0.15, -0.1) is 0 Å². The van der Waals surface area contributed by atoms with Crippen LogP contribution in [0.15, 0.2) is 34.9 Å². The molecule has 0 saturated carbocycles. The van der Waals surface area contributed by atoms with Crippen molar-refractivity contribution < 1.29 is 4.52 Å². The zero-order valence-electron chi connectivity index (χ0n) is 9.97. The number of rotatable bonds is 5. The second kappa shape index (κ2) is 5.59. The quantitative estimate of drug-likeness (QED) is 0.853. The zero-order chi connectivity index (χ0) is 12.1. The van der Waals surface area contributed by atoms with Gasteiger partial charge in [0.25, 0.3) is 0 Å². The van der Waals surface area contributed by atoms with Gasteiger partial charge in [0, 0.05) is 18.9 Å². The molecule has 0 amide bonds. The summed E-state index contributed by atoms with van der Waals surface area (Å²) >= 11 is 0. The van der Waals surface area contributed by atoms with Gasteiger partial charge in [0.15, 0.2) is 5.82 Å². The highest BCUT2D eigenvalue weighted by Gasteiger charge is 2.11. The second-order valence-electron chi connectivity index (χ2n) is 4.17. The zero-order valence-corrected chi connectivity index (χ0v) is 9.97. The van der Waals surface area contributed by atoms with Crippen molar-refractivity contribution in [2.45, 2.75) is 25.7 Å². The lowest BCUT2D eigenvalue weighted by Gasteiger charge is -1.99. The van der Waals surface area contributed by atoms with Crippen molar-refractivity contribution >= 4 is 0 Å². The molecule has 0 aliphatic rings. The van der Waals surface area contributed by atoms with E-state index >= 15 is 0 Å². The van der Waals surface area contributed by atoms with Crippen LogP contribution in [0.4, 0.5) is 0 Å². The van der Waals surface area contributed by atoms with E-state index in [-0.39, 0.29) is 5.92 Å². The smallest absolute Gasteiger partial charge is 0.226 e. The standard InChI is InChI=1S/C13H17N3O/c1-10(9-14)13-15-12(17-16-13)8-7-11-5-3-2-4-6-11/h2-6,10H,7-9,14H2,1H3. The van der Waals surface area contributed by atoms with E-state index in [1.165, 1.54) is 5.56 Å².